The molecule has 0 aliphatic carbocycles. The van der Waals surface area contributed by atoms with E-state index in [-0.39, 0.29) is 5.82 Å². The third-order valence-corrected chi connectivity index (χ3v) is 3.99. The van der Waals surface area contributed by atoms with Crippen LogP contribution < -0.4 is 10.5 Å². The van der Waals surface area contributed by atoms with Crippen molar-refractivity contribution in [2.24, 2.45) is 11.7 Å². The van der Waals surface area contributed by atoms with Crippen LogP contribution in [0.25, 0.3) is 11.0 Å². The molecular weight excluding hydrogens is 271 g/mol. The number of ether oxygens (including phenoxy) is 1. The molecule has 112 valence electrons. The van der Waals surface area contributed by atoms with Crippen LogP contribution in [0.3, 0.4) is 0 Å². The van der Waals surface area contributed by atoms with Gasteiger partial charge < -0.3 is 15.4 Å². The number of rotatable bonds is 5. The Labute approximate surface area is 122 Å². The average Bonchev–Trinajstić information content (AvgIpc) is 2.47. The number of methoxy groups -OCH3 is 1. The van der Waals surface area contributed by atoms with Gasteiger partial charge in [0.1, 0.15) is 5.82 Å². The van der Waals surface area contributed by atoms with Crippen LogP contribution in [0.5, 0.6) is 5.88 Å². The minimum atomic E-state index is -0.306. The Balaban J connectivity index is 1.81. The molecule has 0 spiro atoms. The summed E-state index contributed by atoms with van der Waals surface area (Å²) in [5, 5.41) is 0. The minimum Gasteiger partial charge on any atom is -0.481 e. The number of pyridine rings is 2. The summed E-state index contributed by atoms with van der Waals surface area (Å²) in [6.07, 6.45) is 1.88. The van der Waals surface area contributed by atoms with Gasteiger partial charge in [0.2, 0.25) is 5.88 Å². The van der Waals surface area contributed by atoms with Crippen LogP contribution in [0.2, 0.25) is 0 Å². The predicted molar refractivity (Wildman–Crippen MR) is 78.7 cm³/mol. The molecule has 1 fully saturated rings. The van der Waals surface area contributed by atoms with Crippen molar-refractivity contribution in [2.75, 3.05) is 33.3 Å². The van der Waals surface area contributed by atoms with E-state index in [0.717, 1.165) is 26.2 Å². The second kappa shape index (κ2) is 5.91. The fourth-order valence-electron chi connectivity index (χ4n) is 2.71. The first-order valence-corrected chi connectivity index (χ1v) is 7.11. The smallest absolute Gasteiger partial charge is 0.213 e. The predicted octanol–water partition coefficient (Wildman–Crippen LogP) is 1.21. The van der Waals surface area contributed by atoms with Crippen LogP contribution in [0, 0.1) is 11.7 Å². The molecule has 21 heavy (non-hydrogen) atoms. The molecule has 3 heterocycles. The van der Waals surface area contributed by atoms with Crippen LogP contribution in [0.1, 0.15) is 5.56 Å². The molecule has 1 aliphatic rings. The summed E-state index contributed by atoms with van der Waals surface area (Å²) in [7, 11) is 1.55. The van der Waals surface area contributed by atoms with E-state index in [4.69, 9.17) is 10.5 Å². The third kappa shape index (κ3) is 2.82. The van der Waals surface area contributed by atoms with Crippen LogP contribution >= 0.6 is 0 Å². The van der Waals surface area contributed by atoms with Gasteiger partial charge in [0, 0.05) is 31.3 Å². The van der Waals surface area contributed by atoms with E-state index in [2.05, 4.69) is 14.9 Å². The van der Waals surface area contributed by atoms with Crippen molar-refractivity contribution in [3.8, 4) is 5.88 Å². The van der Waals surface area contributed by atoms with Gasteiger partial charge in [0.15, 0.2) is 0 Å². The standard InChI is InChI=1S/C15H19FN4O/c1-21-14-3-2-13-15(19-14)11(12(16)7-18-13)4-5-20-8-10(6-17)9-20/h2-3,7,10H,4-6,8-9,17H2,1H3. The molecule has 2 aromatic heterocycles. The molecule has 1 saturated heterocycles. The Kier molecular flexibility index (Phi) is 3.98. The van der Waals surface area contributed by atoms with Gasteiger partial charge in [0.25, 0.3) is 0 Å². The van der Waals surface area contributed by atoms with E-state index in [9.17, 15) is 4.39 Å². The number of likely N-dealkylation sites (tertiary alicyclic amines) is 1. The lowest BCUT2D eigenvalue weighted by atomic mass is 9.99. The number of nitrogens with zero attached hydrogens (tertiary/aromatic N) is 3. The molecule has 0 aromatic carbocycles. The normalized spacial score (nSPS) is 16.1. The van der Waals surface area contributed by atoms with E-state index in [1.165, 1.54) is 6.20 Å². The molecule has 2 aromatic rings. The topological polar surface area (TPSA) is 64.3 Å². The van der Waals surface area contributed by atoms with Crippen LogP contribution in [-0.2, 0) is 6.42 Å². The van der Waals surface area contributed by atoms with Crippen LogP contribution in [0.15, 0.2) is 18.3 Å². The summed E-state index contributed by atoms with van der Waals surface area (Å²) in [6.45, 7) is 3.53. The highest BCUT2D eigenvalue weighted by Crippen LogP contribution is 2.22. The number of halogens is 1. The Morgan fingerprint density at radius 1 is 1.43 bits per heavy atom. The van der Waals surface area contributed by atoms with Gasteiger partial charge in [0.05, 0.1) is 24.3 Å². The first-order chi connectivity index (χ1) is 10.2. The minimum absolute atomic E-state index is 0.306. The number of nitrogens with two attached hydrogens (primary N) is 1. The van der Waals surface area contributed by atoms with Gasteiger partial charge in [-0.05, 0) is 24.9 Å². The zero-order valence-corrected chi connectivity index (χ0v) is 12.1. The monoisotopic (exact) mass is 290 g/mol. The lowest BCUT2D eigenvalue weighted by Crippen LogP contribution is -2.50. The van der Waals surface area contributed by atoms with Gasteiger partial charge in [-0.25, -0.2) is 9.37 Å². The van der Waals surface area contributed by atoms with E-state index < -0.39 is 0 Å². The van der Waals surface area contributed by atoms with Gasteiger partial charge in [-0.3, -0.25) is 4.98 Å². The molecule has 0 unspecified atom stereocenters. The molecule has 0 atom stereocenters. The van der Waals surface area contributed by atoms with Crippen molar-refractivity contribution >= 4 is 11.0 Å². The fourth-order valence-corrected chi connectivity index (χ4v) is 2.71. The highest BCUT2D eigenvalue weighted by atomic mass is 19.1. The molecule has 0 bridgehead atoms. The van der Waals surface area contributed by atoms with Crippen molar-refractivity contribution < 1.29 is 9.13 Å². The summed E-state index contributed by atoms with van der Waals surface area (Å²) in [4.78, 5) is 10.7. The van der Waals surface area contributed by atoms with Crippen LogP contribution in [0.4, 0.5) is 4.39 Å². The summed E-state index contributed by atoms with van der Waals surface area (Å²) in [5.74, 6) is 0.754. The van der Waals surface area contributed by atoms with E-state index in [0.29, 0.717) is 34.8 Å². The maximum Gasteiger partial charge on any atom is 0.213 e. The van der Waals surface area contributed by atoms with Crippen molar-refractivity contribution in [3.63, 3.8) is 0 Å². The quantitative estimate of drug-likeness (QED) is 0.896. The average molecular weight is 290 g/mol. The first kappa shape index (κ1) is 14.2. The Hall–Kier alpha value is -1.79. The third-order valence-electron chi connectivity index (χ3n) is 3.99. The van der Waals surface area contributed by atoms with Gasteiger partial charge in [-0.15, -0.1) is 0 Å². The van der Waals surface area contributed by atoms with Crippen molar-refractivity contribution in [1.82, 2.24) is 14.9 Å². The largest absolute Gasteiger partial charge is 0.481 e. The highest BCUT2D eigenvalue weighted by Gasteiger charge is 2.25. The van der Waals surface area contributed by atoms with E-state index in [1.54, 1.807) is 19.2 Å². The zero-order valence-electron chi connectivity index (χ0n) is 12.1. The molecule has 6 heteroatoms. The Bertz CT molecular complexity index is 643. The summed E-state index contributed by atoms with van der Waals surface area (Å²) in [6, 6.07) is 3.54. The van der Waals surface area contributed by atoms with E-state index in [1.807, 2.05) is 0 Å². The van der Waals surface area contributed by atoms with Gasteiger partial charge in [-0.2, -0.15) is 0 Å². The Morgan fingerprint density at radius 2 is 2.24 bits per heavy atom. The maximum atomic E-state index is 14.1. The molecule has 5 nitrogen and oxygen atoms in total. The molecule has 2 N–H and O–H groups in total. The molecule has 0 radical (unpaired) electrons. The summed E-state index contributed by atoms with van der Waals surface area (Å²) >= 11 is 0. The van der Waals surface area contributed by atoms with Gasteiger partial charge in [-0.1, -0.05) is 0 Å². The number of hydrogen-bond donors (Lipinski definition) is 1. The molecular formula is C15H19FN4O. The molecule has 1 aliphatic heterocycles. The molecule has 0 saturated carbocycles. The maximum absolute atomic E-state index is 14.1. The molecule has 0 amide bonds. The lowest BCUT2D eigenvalue weighted by molar-refractivity contribution is 0.108. The second-order valence-corrected chi connectivity index (χ2v) is 5.42. The summed E-state index contributed by atoms with van der Waals surface area (Å²) < 4.78 is 19.2. The van der Waals surface area contributed by atoms with E-state index >= 15 is 0 Å². The highest BCUT2D eigenvalue weighted by molar-refractivity contribution is 5.78. The number of hydrogen-bond acceptors (Lipinski definition) is 5. The van der Waals surface area contributed by atoms with Crippen molar-refractivity contribution in [3.05, 3.63) is 29.7 Å². The zero-order chi connectivity index (χ0) is 14.8. The second-order valence-electron chi connectivity index (χ2n) is 5.42. The SMILES string of the molecule is COc1ccc2ncc(F)c(CCN3CC(CN)C3)c2n1. The first-order valence-electron chi connectivity index (χ1n) is 7.11. The number of fused-ring (bicyclic) bond motifs is 1. The van der Waals surface area contributed by atoms with Gasteiger partial charge >= 0.3 is 0 Å². The van der Waals surface area contributed by atoms with Crippen molar-refractivity contribution in [2.45, 2.75) is 6.42 Å². The Morgan fingerprint density at radius 3 is 2.95 bits per heavy atom. The van der Waals surface area contributed by atoms with Crippen molar-refractivity contribution in [1.29, 1.82) is 0 Å². The fraction of sp³-hybridized carbons (Fsp3) is 0.467. The number of aromatic nitrogens is 2. The lowest BCUT2D eigenvalue weighted by Gasteiger charge is -2.38. The summed E-state index contributed by atoms with van der Waals surface area (Å²) in [5.41, 5.74) is 7.50. The van der Waals surface area contributed by atoms with Crippen LogP contribution in [-0.4, -0.2) is 48.2 Å². The molecule has 3 rings (SSSR count).